The Kier molecular flexibility index (Phi) is 2.71. The average molecular weight is 210 g/mol. The molecule has 3 unspecified atom stereocenters. The van der Waals surface area contributed by atoms with Gasteiger partial charge in [-0.3, -0.25) is 11.3 Å². The standard InChI is InChI=1S/C12H22N2O/c13-14-12(8-4-6-15-7-5-8)11-9-2-1-3-10(9)11/h8-12,14H,1-7,13H2. The zero-order valence-corrected chi connectivity index (χ0v) is 9.32. The molecule has 0 bridgehead atoms. The summed E-state index contributed by atoms with van der Waals surface area (Å²) in [4.78, 5) is 0. The summed E-state index contributed by atoms with van der Waals surface area (Å²) in [5.74, 6) is 9.43. The molecule has 2 saturated carbocycles. The van der Waals surface area contributed by atoms with Crippen LogP contribution in [0.25, 0.3) is 0 Å². The summed E-state index contributed by atoms with van der Waals surface area (Å²) in [6.45, 7) is 1.87. The van der Waals surface area contributed by atoms with Crippen LogP contribution in [0.2, 0.25) is 0 Å². The molecule has 3 heteroatoms. The molecule has 3 fully saturated rings. The van der Waals surface area contributed by atoms with E-state index in [1.807, 2.05) is 0 Å². The summed E-state index contributed by atoms with van der Waals surface area (Å²) in [5, 5.41) is 0. The van der Waals surface area contributed by atoms with Gasteiger partial charge in [-0.1, -0.05) is 6.42 Å². The van der Waals surface area contributed by atoms with Gasteiger partial charge >= 0.3 is 0 Å². The van der Waals surface area contributed by atoms with Gasteiger partial charge in [0.1, 0.15) is 0 Å². The highest BCUT2D eigenvalue weighted by Gasteiger charge is 2.56. The first-order valence-electron chi connectivity index (χ1n) is 6.45. The largest absolute Gasteiger partial charge is 0.381 e. The van der Waals surface area contributed by atoms with E-state index >= 15 is 0 Å². The van der Waals surface area contributed by atoms with Crippen LogP contribution in [0.1, 0.15) is 32.1 Å². The number of fused-ring (bicyclic) bond motifs is 1. The van der Waals surface area contributed by atoms with Crippen LogP contribution in [-0.4, -0.2) is 19.3 Å². The Morgan fingerprint density at radius 3 is 2.33 bits per heavy atom. The quantitative estimate of drug-likeness (QED) is 0.545. The van der Waals surface area contributed by atoms with Crippen molar-refractivity contribution in [3.63, 3.8) is 0 Å². The number of hydrazine groups is 1. The first-order chi connectivity index (χ1) is 7.42. The highest BCUT2D eigenvalue weighted by atomic mass is 16.5. The maximum absolute atomic E-state index is 5.76. The number of rotatable bonds is 3. The number of nitrogens with two attached hydrogens (primary N) is 1. The van der Waals surface area contributed by atoms with Crippen molar-refractivity contribution >= 4 is 0 Å². The maximum Gasteiger partial charge on any atom is 0.0469 e. The molecule has 2 aliphatic carbocycles. The van der Waals surface area contributed by atoms with E-state index in [2.05, 4.69) is 5.43 Å². The summed E-state index contributed by atoms with van der Waals surface area (Å²) in [5.41, 5.74) is 3.11. The highest BCUT2D eigenvalue weighted by molar-refractivity contribution is 5.07. The van der Waals surface area contributed by atoms with Gasteiger partial charge in [0.25, 0.3) is 0 Å². The monoisotopic (exact) mass is 210 g/mol. The Labute approximate surface area is 91.7 Å². The van der Waals surface area contributed by atoms with Crippen molar-refractivity contribution in [2.45, 2.75) is 38.1 Å². The molecule has 3 N–H and O–H groups in total. The first kappa shape index (κ1) is 10.1. The normalized spacial score (nSPS) is 42.6. The molecule has 3 rings (SSSR count). The minimum absolute atomic E-state index is 0.573. The van der Waals surface area contributed by atoms with Crippen molar-refractivity contribution < 1.29 is 4.74 Å². The summed E-state index contributed by atoms with van der Waals surface area (Å²) < 4.78 is 5.42. The summed E-state index contributed by atoms with van der Waals surface area (Å²) in [7, 11) is 0. The summed E-state index contributed by atoms with van der Waals surface area (Å²) in [6, 6.07) is 0.573. The first-order valence-corrected chi connectivity index (χ1v) is 6.45. The maximum atomic E-state index is 5.76. The SMILES string of the molecule is NNC(C1CCOCC1)C1C2CCCC21. The van der Waals surface area contributed by atoms with Gasteiger partial charge in [-0.2, -0.15) is 0 Å². The topological polar surface area (TPSA) is 47.3 Å². The lowest BCUT2D eigenvalue weighted by Gasteiger charge is -2.31. The fraction of sp³-hybridized carbons (Fsp3) is 1.00. The Morgan fingerprint density at radius 1 is 1.07 bits per heavy atom. The van der Waals surface area contributed by atoms with E-state index in [0.29, 0.717) is 6.04 Å². The molecular formula is C12H22N2O. The Balaban J connectivity index is 1.61. The summed E-state index contributed by atoms with van der Waals surface area (Å²) in [6.07, 6.45) is 6.76. The molecule has 0 spiro atoms. The van der Waals surface area contributed by atoms with Crippen molar-refractivity contribution in [2.24, 2.45) is 29.5 Å². The fourth-order valence-electron chi connectivity index (χ4n) is 4.05. The third-order valence-electron chi connectivity index (χ3n) is 4.85. The highest BCUT2D eigenvalue weighted by Crippen LogP contribution is 2.60. The van der Waals surface area contributed by atoms with Gasteiger partial charge in [-0.15, -0.1) is 0 Å². The van der Waals surface area contributed by atoms with E-state index in [1.165, 1.54) is 32.1 Å². The molecule has 1 aliphatic heterocycles. The van der Waals surface area contributed by atoms with Gasteiger partial charge in [0.2, 0.25) is 0 Å². The molecule has 0 aromatic rings. The predicted octanol–water partition coefficient (Wildman–Crippen LogP) is 1.29. The van der Waals surface area contributed by atoms with Crippen LogP contribution in [0.4, 0.5) is 0 Å². The van der Waals surface area contributed by atoms with Gasteiger partial charge in [0.15, 0.2) is 0 Å². The zero-order valence-electron chi connectivity index (χ0n) is 9.32. The van der Waals surface area contributed by atoms with Crippen molar-refractivity contribution in [2.75, 3.05) is 13.2 Å². The molecule has 3 nitrogen and oxygen atoms in total. The second-order valence-corrected chi connectivity index (χ2v) is 5.48. The number of hydrogen-bond acceptors (Lipinski definition) is 3. The van der Waals surface area contributed by atoms with Crippen molar-refractivity contribution in [1.29, 1.82) is 0 Å². The molecule has 0 radical (unpaired) electrons. The summed E-state index contributed by atoms with van der Waals surface area (Å²) >= 11 is 0. The smallest absolute Gasteiger partial charge is 0.0469 e. The van der Waals surface area contributed by atoms with E-state index in [4.69, 9.17) is 10.6 Å². The minimum atomic E-state index is 0.573. The zero-order chi connectivity index (χ0) is 10.3. The van der Waals surface area contributed by atoms with Crippen LogP contribution in [0, 0.1) is 23.7 Å². The van der Waals surface area contributed by atoms with Gasteiger partial charge < -0.3 is 4.74 Å². The molecule has 1 saturated heterocycles. The van der Waals surface area contributed by atoms with Crippen molar-refractivity contribution in [1.82, 2.24) is 5.43 Å². The van der Waals surface area contributed by atoms with Crippen LogP contribution in [0.3, 0.4) is 0 Å². The van der Waals surface area contributed by atoms with Crippen LogP contribution in [-0.2, 0) is 4.74 Å². The van der Waals surface area contributed by atoms with Gasteiger partial charge in [0.05, 0.1) is 0 Å². The molecule has 0 aromatic carbocycles. The van der Waals surface area contributed by atoms with Crippen LogP contribution >= 0.6 is 0 Å². The Hall–Kier alpha value is -0.120. The number of hydrogen-bond donors (Lipinski definition) is 2. The van der Waals surface area contributed by atoms with Gasteiger partial charge in [-0.05, 0) is 49.4 Å². The van der Waals surface area contributed by atoms with E-state index < -0.39 is 0 Å². The molecular weight excluding hydrogens is 188 g/mol. The van der Waals surface area contributed by atoms with E-state index in [0.717, 1.165) is 36.9 Å². The molecule has 3 aliphatic rings. The minimum Gasteiger partial charge on any atom is -0.381 e. The second-order valence-electron chi connectivity index (χ2n) is 5.48. The Morgan fingerprint density at radius 2 is 1.73 bits per heavy atom. The molecule has 3 atom stereocenters. The lowest BCUT2D eigenvalue weighted by Crippen LogP contribution is -2.45. The van der Waals surface area contributed by atoms with Crippen molar-refractivity contribution in [3.05, 3.63) is 0 Å². The number of nitrogens with one attached hydrogen (secondary N) is 1. The Bertz CT molecular complexity index is 216. The predicted molar refractivity (Wildman–Crippen MR) is 59.0 cm³/mol. The van der Waals surface area contributed by atoms with Crippen molar-refractivity contribution in [3.8, 4) is 0 Å². The molecule has 1 heterocycles. The average Bonchev–Trinajstić information content (AvgIpc) is 2.76. The third kappa shape index (κ3) is 1.71. The van der Waals surface area contributed by atoms with Crippen LogP contribution in [0.15, 0.2) is 0 Å². The molecule has 0 amide bonds. The van der Waals surface area contributed by atoms with Crippen LogP contribution < -0.4 is 11.3 Å². The molecule has 15 heavy (non-hydrogen) atoms. The van der Waals surface area contributed by atoms with Crippen LogP contribution in [0.5, 0.6) is 0 Å². The molecule has 0 aromatic heterocycles. The van der Waals surface area contributed by atoms with E-state index in [-0.39, 0.29) is 0 Å². The van der Waals surface area contributed by atoms with E-state index in [1.54, 1.807) is 0 Å². The van der Waals surface area contributed by atoms with Gasteiger partial charge in [0, 0.05) is 19.3 Å². The third-order valence-corrected chi connectivity index (χ3v) is 4.85. The lowest BCUT2D eigenvalue weighted by atomic mass is 9.86. The lowest BCUT2D eigenvalue weighted by molar-refractivity contribution is 0.0487. The fourth-order valence-corrected chi connectivity index (χ4v) is 4.05. The number of ether oxygens (including phenoxy) is 1. The van der Waals surface area contributed by atoms with Gasteiger partial charge in [-0.25, -0.2) is 0 Å². The second kappa shape index (κ2) is 4.04. The molecule has 86 valence electrons. The van der Waals surface area contributed by atoms with E-state index in [9.17, 15) is 0 Å².